The number of anilines is 1. The number of hydrogen-bond acceptors (Lipinski definition) is 2. The van der Waals surface area contributed by atoms with Gasteiger partial charge in [0.1, 0.15) is 0 Å². The van der Waals surface area contributed by atoms with Gasteiger partial charge in [-0.1, -0.05) is 29.8 Å². The molecule has 1 aromatic heterocycles. The van der Waals surface area contributed by atoms with Crippen LogP contribution in [-0.2, 0) is 11.2 Å². The molecule has 0 unspecified atom stereocenters. The Balaban J connectivity index is 1.59. The minimum atomic E-state index is 0.0263. The first-order chi connectivity index (χ1) is 10.2. The highest BCUT2D eigenvalue weighted by atomic mass is 16.1. The van der Waals surface area contributed by atoms with Gasteiger partial charge in [-0.15, -0.1) is 0 Å². The summed E-state index contributed by atoms with van der Waals surface area (Å²) in [6.07, 6.45) is 2.98. The fourth-order valence-corrected chi connectivity index (χ4v) is 2.26. The van der Waals surface area contributed by atoms with Crippen molar-refractivity contribution in [3.8, 4) is 0 Å². The van der Waals surface area contributed by atoms with Crippen molar-refractivity contribution in [3.05, 3.63) is 59.8 Å². The van der Waals surface area contributed by atoms with Gasteiger partial charge in [-0.25, -0.2) is 0 Å². The van der Waals surface area contributed by atoms with Crippen molar-refractivity contribution in [1.82, 2.24) is 10.2 Å². The van der Waals surface area contributed by atoms with Crippen molar-refractivity contribution in [3.63, 3.8) is 0 Å². The summed E-state index contributed by atoms with van der Waals surface area (Å²) in [6.45, 7) is 2.06. The van der Waals surface area contributed by atoms with Crippen LogP contribution < -0.4 is 5.32 Å². The quantitative estimate of drug-likeness (QED) is 0.768. The summed E-state index contributed by atoms with van der Waals surface area (Å²) >= 11 is 0. The number of H-pyrrole nitrogens is 1. The number of aryl methyl sites for hydroxylation is 2. The summed E-state index contributed by atoms with van der Waals surface area (Å²) in [5.74, 6) is 0.0263. The zero-order chi connectivity index (χ0) is 14.7. The lowest BCUT2D eigenvalue weighted by molar-refractivity contribution is -0.116. The van der Waals surface area contributed by atoms with Crippen LogP contribution in [0.5, 0.6) is 0 Å². The van der Waals surface area contributed by atoms with Crippen molar-refractivity contribution in [2.45, 2.75) is 19.8 Å². The molecule has 0 atom stereocenters. The van der Waals surface area contributed by atoms with Gasteiger partial charge in [-0.05, 0) is 37.1 Å². The molecule has 0 radical (unpaired) electrons. The van der Waals surface area contributed by atoms with E-state index in [-0.39, 0.29) is 5.91 Å². The van der Waals surface area contributed by atoms with Crippen LogP contribution in [0.3, 0.4) is 0 Å². The zero-order valence-corrected chi connectivity index (χ0v) is 11.9. The Morgan fingerprint density at radius 3 is 2.81 bits per heavy atom. The molecule has 0 saturated heterocycles. The maximum atomic E-state index is 12.0. The number of hydrogen-bond donors (Lipinski definition) is 2. The van der Waals surface area contributed by atoms with Crippen LogP contribution in [0.15, 0.2) is 48.7 Å². The molecule has 0 fully saturated rings. The van der Waals surface area contributed by atoms with Gasteiger partial charge in [0, 0.05) is 17.5 Å². The Hall–Kier alpha value is -2.62. The molecular formula is C17H17N3O. The highest BCUT2D eigenvalue weighted by Gasteiger charge is 2.04. The lowest BCUT2D eigenvalue weighted by Crippen LogP contribution is -2.12. The van der Waals surface area contributed by atoms with Gasteiger partial charge in [0.25, 0.3) is 0 Å². The zero-order valence-electron chi connectivity index (χ0n) is 11.9. The van der Waals surface area contributed by atoms with Gasteiger partial charge in [0.2, 0.25) is 5.91 Å². The standard InChI is InChI=1S/C17H17N3O/c1-12-2-4-13(5-3-12)6-9-17(21)19-15-7-8-16-14(10-15)11-18-20-16/h2-5,7-8,10-11H,6,9H2,1H3,(H,18,20)(H,19,21). The minimum Gasteiger partial charge on any atom is -0.326 e. The summed E-state index contributed by atoms with van der Waals surface area (Å²) in [4.78, 5) is 12.0. The molecule has 2 N–H and O–H groups in total. The third-order valence-corrected chi connectivity index (χ3v) is 3.49. The minimum absolute atomic E-state index is 0.0263. The highest BCUT2D eigenvalue weighted by Crippen LogP contribution is 2.17. The Labute approximate surface area is 123 Å². The van der Waals surface area contributed by atoms with Gasteiger partial charge in [-0.2, -0.15) is 5.10 Å². The monoisotopic (exact) mass is 279 g/mol. The number of carbonyl (C=O) groups excluding carboxylic acids is 1. The van der Waals surface area contributed by atoms with E-state index < -0.39 is 0 Å². The average molecular weight is 279 g/mol. The van der Waals surface area contributed by atoms with Gasteiger partial charge in [0.05, 0.1) is 11.7 Å². The molecule has 3 aromatic rings. The van der Waals surface area contributed by atoms with Crippen molar-refractivity contribution in [2.75, 3.05) is 5.32 Å². The number of aromatic nitrogens is 2. The Morgan fingerprint density at radius 1 is 1.19 bits per heavy atom. The average Bonchev–Trinajstić information content (AvgIpc) is 2.94. The number of amides is 1. The molecule has 2 aromatic carbocycles. The molecule has 3 rings (SSSR count). The van der Waals surface area contributed by atoms with E-state index in [0.29, 0.717) is 6.42 Å². The Bertz CT molecular complexity index is 759. The first-order valence-electron chi connectivity index (χ1n) is 6.99. The Morgan fingerprint density at radius 2 is 2.00 bits per heavy atom. The number of nitrogens with one attached hydrogen (secondary N) is 2. The Kier molecular flexibility index (Phi) is 3.69. The van der Waals surface area contributed by atoms with Crippen molar-refractivity contribution in [2.24, 2.45) is 0 Å². The lowest BCUT2D eigenvalue weighted by atomic mass is 10.1. The van der Waals surface area contributed by atoms with E-state index in [4.69, 9.17) is 0 Å². The molecule has 0 aliphatic rings. The van der Waals surface area contributed by atoms with Gasteiger partial charge >= 0.3 is 0 Å². The van der Waals surface area contributed by atoms with Crippen LogP contribution in [-0.4, -0.2) is 16.1 Å². The third-order valence-electron chi connectivity index (χ3n) is 3.49. The van der Waals surface area contributed by atoms with E-state index in [1.807, 2.05) is 18.2 Å². The third kappa shape index (κ3) is 3.28. The summed E-state index contributed by atoms with van der Waals surface area (Å²) < 4.78 is 0. The van der Waals surface area contributed by atoms with Crippen LogP contribution in [0.25, 0.3) is 10.9 Å². The van der Waals surface area contributed by atoms with Gasteiger partial charge < -0.3 is 5.32 Å². The van der Waals surface area contributed by atoms with E-state index in [1.165, 1.54) is 11.1 Å². The predicted molar refractivity (Wildman–Crippen MR) is 84.2 cm³/mol. The van der Waals surface area contributed by atoms with E-state index in [2.05, 4.69) is 46.7 Å². The van der Waals surface area contributed by atoms with Crippen LogP contribution >= 0.6 is 0 Å². The summed E-state index contributed by atoms with van der Waals surface area (Å²) in [5.41, 5.74) is 4.18. The molecule has 106 valence electrons. The van der Waals surface area contributed by atoms with Crippen molar-refractivity contribution >= 4 is 22.5 Å². The van der Waals surface area contributed by atoms with Crippen LogP contribution in [0, 0.1) is 6.92 Å². The highest BCUT2D eigenvalue weighted by molar-refractivity contribution is 5.93. The summed E-state index contributed by atoms with van der Waals surface area (Å²) in [6, 6.07) is 14.0. The number of fused-ring (bicyclic) bond motifs is 1. The van der Waals surface area contributed by atoms with Crippen LogP contribution in [0.1, 0.15) is 17.5 Å². The molecular weight excluding hydrogens is 262 g/mol. The number of carbonyl (C=O) groups is 1. The first kappa shape index (κ1) is 13.4. The van der Waals surface area contributed by atoms with E-state index in [1.54, 1.807) is 6.20 Å². The summed E-state index contributed by atoms with van der Waals surface area (Å²) in [5, 5.41) is 10.8. The smallest absolute Gasteiger partial charge is 0.224 e. The van der Waals surface area contributed by atoms with Gasteiger partial charge in [-0.3, -0.25) is 9.89 Å². The number of benzene rings is 2. The van der Waals surface area contributed by atoms with Gasteiger partial charge in [0.15, 0.2) is 0 Å². The van der Waals surface area contributed by atoms with Crippen LogP contribution in [0.4, 0.5) is 5.69 Å². The molecule has 0 aliphatic carbocycles. The second-order valence-electron chi connectivity index (χ2n) is 5.21. The number of aromatic amines is 1. The number of nitrogens with zero attached hydrogens (tertiary/aromatic N) is 1. The number of rotatable bonds is 4. The normalized spacial score (nSPS) is 10.7. The molecule has 0 aliphatic heterocycles. The maximum absolute atomic E-state index is 12.0. The van der Waals surface area contributed by atoms with E-state index in [0.717, 1.165) is 23.0 Å². The largest absolute Gasteiger partial charge is 0.326 e. The molecule has 0 spiro atoms. The molecule has 21 heavy (non-hydrogen) atoms. The van der Waals surface area contributed by atoms with Crippen LogP contribution in [0.2, 0.25) is 0 Å². The van der Waals surface area contributed by atoms with E-state index >= 15 is 0 Å². The molecule has 1 heterocycles. The fraction of sp³-hybridized carbons (Fsp3) is 0.176. The molecule has 1 amide bonds. The predicted octanol–water partition coefficient (Wildman–Crippen LogP) is 3.44. The topological polar surface area (TPSA) is 57.8 Å². The second kappa shape index (κ2) is 5.79. The summed E-state index contributed by atoms with van der Waals surface area (Å²) in [7, 11) is 0. The van der Waals surface area contributed by atoms with E-state index in [9.17, 15) is 4.79 Å². The maximum Gasteiger partial charge on any atom is 0.224 e. The fourth-order valence-electron chi connectivity index (χ4n) is 2.26. The molecule has 4 heteroatoms. The SMILES string of the molecule is Cc1ccc(CCC(=O)Nc2ccc3[nH]ncc3c2)cc1. The molecule has 0 bridgehead atoms. The van der Waals surface area contributed by atoms with Crippen molar-refractivity contribution < 1.29 is 4.79 Å². The second-order valence-corrected chi connectivity index (χ2v) is 5.21. The molecule has 4 nitrogen and oxygen atoms in total. The first-order valence-corrected chi connectivity index (χ1v) is 6.99. The molecule has 0 saturated carbocycles. The lowest BCUT2D eigenvalue weighted by Gasteiger charge is -2.06. The van der Waals surface area contributed by atoms with Crippen molar-refractivity contribution in [1.29, 1.82) is 0 Å².